The average Bonchev–Trinajstić information content (AvgIpc) is 2.67. The predicted molar refractivity (Wildman–Crippen MR) is 110 cm³/mol. The minimum Gasteiger partial charge on any atom is -0.497 e. The van der Waals surface area contributed by atoms with Crippen LogP contribution in [0.2, 0.25) is 0 Å². The van der Waals surface area contributed by atoms with Gasteiger partial charge < -0.3 is 19.7 Å². The van der Waals surface area contributed by atoms with Crippen molar-refractivity contribution in [2.75, 3.05) is 18.6 Å². The number of hydrogen-bond donors (Lipinski definition) is 1. The molecule has 0 bridgehead atoms. The average molecular weight is 397 g/mol. The summed E-state index contributed by atoms with van der Waals surface area (Å²) in [6.07, 6.45) is 2.10. The quantitative estimate of drug-likeness (QED) is 0.838. The molecule has 1 unspecified atom stereocenters. The van der Waals surface area contributed by atoms with Crippen molar-refractivity contribution >= 4 is 17.7 Å². The number of nitrogens with zero attached hydrogens (tertiary/aromatic N) is 2. The Morgan fingerprint density at radius 2 is 1.97 bits per heavy atom. The summed E-state index contributed by atoms with van der Waals surface area (Å²) in [5, 5.41) is 2.70. The SMILES string of the molecule is COc1ccc(CCN2C(=O)C(NC(=O)OC(C)(C)C)Cc3ncccc32)cc1. The van der Waals surface area contributed by atoms with Crippen molar-refractivity contribution in [2.45, 2.75) is 45.3 Å². The Labute approximate surface area is 171 Å². The van der Waals surface area contributed by atoms with Gasteiger partial charge in [-0.05, 0) is 57.0 Å². The predicted octanol–water partition coefficient (Wildman–Crippen LogP) is 3.12. The molecule has 3 rings (SSSR count). The van der Waals surface area contributed by atoms with E-state index in [4.69, 9.17) is 9.47 Å². The number of benzene rings is 1. The summed E-state index contributed by atoms with van der Waals surface area (Å²) in [6, 6.07) is 10.8. The van der Waals surface area contributed by atoms with E-state index in [1.165, 1.54) is 0 Å². The first-order valence-electron chi connectivity index (χ1n) is 9.64. The number of hydrogen-bond acceptors (Lipinski definition) is 5. The highest BCUT2D eigenvalue weighted by Crippen LogP contribution is 2.26. The first-order chi connectivity index (χ1) is 13.8. The van der Waals surface area contributed by atoms with Crippen LogP contribution in [0.3, 0.4) is 0 Å². The van der Waals surface area contributed by atoms with Gasteiger partial charge in [0.1, 0.15) is 17.4 Å². The number of carbonyl (C=O) groups is 2. The summed E-state index contributed by atoms with van der Waals surface area (Å²) in [5.74, 6) is 0.629. The number of anilines is 1. The van der Waals surface area contributed by atoms with Gasteiger partial charge in [0.2, 0.25) is 5.91 Å². The van der Waals surface area contributed by atoms with Crippen molar-refractivity contribution < 1.29 is 19.1 Å². The molecule has 154 valence electrons. The summed E-state index contributed by atoms with van der Waals surface area (Å²) in [4.78, 5) is 31.4. The standard InChI is InChI=1S/C22H27N3O4/c1-22(2,3)29-21(27)24-18-14-17-19(6-5-12-23-17)25(20(18)26)13-11-15-7-9-16(28-4)10-8-15/h5-10,12,18H,11,13-14H2,1-4H3,(H,24,27). The molecule has 0 fully saturated rings. The second kappa shape index (κ2) is 8.51. The Hall–Kier alpha value is -3.09. The highest BCUT2D eigenvalue weighted by molar-refractivity contribution is 6.01. The van der Waals surface area contributed by atoms with Crippen LogP contribution in [-0.2, 0) is 22.4 Å². The van der Waals surface area contributed by atoms with Gasteiger partial charge in [-0.1, -0.05) is 12.1 Å². The fourth-order valence-corrected chi connectivity index (χ4v) is 3.25. The molecule has 1 aromatic heterocycles. The topological polar surface area (TPSA) is 80.8 Å². The number of aromatic nitrogens is 1. The van der Waals surface area contributed by atoms with Gasteiger partial charge in [0, 0.05) is 19.2 Å². The van der Waals surface area contributed by atoms with Gasteiger partial charge in [-0.3, -0.25) is 9.78 Å². The Kier molecular flexibility index (Phi) is 6.06. The van der Waals surface area contributed by atoms with E-state index >= 15 is 0 Å². The molecule has 1 aliphatic rings. The third-order valence-corrected chi connectivity index (χ3v) is 4.59. The fraction of sp³-hybridized carbons (Fsp3) is 0.409. The van der Waals surface area contributed by atoms with Crippen molar-refractivity contribution in [3.8, 4) is 5.75 Å². The molecule has 7 nitrogen and oxygen atoms in total. The van der Waals surface area contributed by atoms with E-state index in [9.17, 15) is 9.59 Å². The molecule has 1 aliphatic heterocycles. The lowest BCUT2D eigenvalue weighted by Crippen LogP contribution is -2.54. The Morgan fingerprint density at radius 1 is 1.24 bits per heavy atom. The Morgan fingerprint density at radius 3 is 2.62 bits per heavy atom. The summed E-state index contributed by atoms with van der Waals surface area (Å²) in [7, 11) is 1.63. The Balaban J connectivity index is 1.75. The smallest absolute Gasteiger partial charge is 0.408 e. The van der Waals surface area contributed by atoms with Gasteiger partial charge in [-0.2, -0.15) is 0 Å². The third-order valence-electron chi connectivity index (χ3n) is 4.59. The van der Waals surface area contributed by atoms with Gasteiger partial charge >= 0.3 is 6.09 Å². The first-order valence-corrected chi connectivity index (χ1v) is 9.64. The molecule has 0 spiro atoms. The fourth-order valence-electron chi connectivity index (χ4n) is 3.25. The van der Waals surface area contributed by atoms with Crippen LogP contribution in [0.1, 0.15) is 32.0 Å². The molecule has 1 aromatic carbocycles. The van der Waals surface area contributed by atoms with Crippen LogP contribution in [0.15, 0.2) is 42.6 Å². The van der Waals surface area contributed by atoms with E-state index in [-0.39, 0.29) is 5.91 Å². The molecule has 1 N–H and O–H groups in total. The van der Waals surface area contributed by atoms with Crippen molar-refractivity contribution in [3.63, 3.8) is 0 Å². The first kappa shape index (κ1) is 20.6. The van der Waals surface area contributed by atoms with E-state index in [1.807, 2.05) is 36.4 Å². The summed E-state index contributed by atoms with van der Waals surface area (Å²) < 4.78 is 10.5. The maximum Gasteiger partial charge on any atom is 0.408 e. The lowest BCUT2D eigenvalue weighted by Gasteiger charge is -2.34. The number of methoxy groups -OCH3 is 1. The minimum absolute atomic E-state index is 0.162. The van der Waals surface area contributed by atoms with Crippen LogP contribution < -0.4 is 15.0 Å². The lowest BCUT2D eigenvalue weighted by atomic mass is 10.0. The van der Waals surface area contributed by atoms with Crippen LogP contribution >= 0.6 is 0 Å². The maximum absolute atomic E-state index is 13.1. The molecule has 0 saturated carbocycles. The summed E-state index contributed by atoms with van der Waals surface area (Å²) in [6.45, 7) is 5.84. The van der Waals surface area contributed by atoms with Gasteiger partial charge in [0.15, 0.2) is 0 Å². The molecule has 0 aliphatic carbocycles. The van der Waals surface area contributed by atoms with Crippen LogP contribution in [-0.4, -0.2) is 42.3 Å². The normalized spacial score (nSPS) is 16.2. The molecule has 2 heterocycles. The van der Waals surface area contributed by atoms with Gasteiger partial charge in [0.05, 0.1) is 18.5 Å². The molecule has 0 saturated heterocycles. The zero-order valence-electron chi connectivity index (χ0n) is 17.3. The van der Waals surface area contributed by atoms with E-state index in [0.29, 0.717) is 19.4 Å². The zero-order chi connectivity index (χ0) is 21.0. The third kappa shape index (κ3) is 5.25. The molecule has 2 amide bonds. The number of alkyl carbamates (subject to hydrolysis) is 1. The molecular formula is C22H27N3O4. The highest BCUT2D eigenvalue weighted by Gasteiger charge is 2.35. The van der Waals surface area contributed by atoms with Gasteiger partial charge in [0.25, 0.3) is 0 Å². The zero-order valence-corrected chi connectivity index (χ0v) is 17.3. The summed E-state index contributed by atoms with van der Waals surface area (Å²) in [5.41, 5.74) is 2.02. The second-order valence-corrected chi connectivity index (χ2v) is 7.96. The molecule has 2 aromatic rings. The number of ether oxygens (including phenoxy) is 2. The van der Waals surface area contributed by atoms with Crippen LogP contribution in [0.5, 0.6) is 5.75 Å². The molecular weight excluding hydrogens is 370 g/mol. The molecule has 29 heavy (non-hydrogen) atoms. The number of nitrogens with one attached hydrogen (secondary N) is 1. The number of amides is 2. The van der Waals surface area contributed by atoms with Gasteiger partial charge in [-0.25, -0.2) is 4.79 Å². The summed E-state index contributed by atoms with van der Waals surface area (Å²) >= 11 is 0. The van der Waals surface area contributed by atoms with E-state index in [2.05, 4.69) is 10.3 Å². The van der Waals surface area contributed by atoms with Crippen LogP contribution in [0, 0.1) is 0 Å². The minimum atomic E-state index is -0.705. The van der Waals surface area contributed by atoms with Crippen LogP contribution in [0.4, 0.5) is 10.5 Å². The van der Waals surface area contributed by atoms with E-state index < -0.39 is 17.7 Å². The molecule has 7 heteroatoms. The Bertz CT molecular complexity index is 874. The number of pyridine rings is 1. The van der Waals surface area contributed by atoms with Gasteiger partial charge in [-0.15, -0.1) is 0 Å². The van der Waals surface area contributed by atoms with Crippen LogP contribution in [0.25, 0.3) is 0 Å². The largest absolute Gasteiger partial charge is 0.497 e. The molecule has 1 atom stereocenters. The van der Waals surface area contributed by atoms with Crippen molar-refractivity contribution in [1.82, 2.24) is 10.3 Å². The lowest BCUT2D eigenvalue weighted by molar-refractivity contribution is -0.121. The van der Waals surface area contributed by atoms with E-state index in [1.54, 1.807) is 39.0 Å². The monoisotopic (exact) mass is 397 g/mol. The van der Waals surface area contributed by atoms with Crippen molar-refractivity contribution in [3.05, 3.63) is 53.9 Å². The number of carbonyl (C=O) groups excluding carboxylic acids is 2. The highest BCUT2D eigenvalue weighted by atomic mass is 16.6. The second-order valence-electron chi connectivity index (χ2n) is 7.96. The van der Waals surface area contributed by atoms with E-state index in [0.717, 1.165) is 22.7 Å². The maximum atomic E-state index is 13.1. The number of fused-ring (bicyclic) bond motifs is 1. The number of rotatable bonds is 5. The molecule has 0 radical (unpaired) electrons. The van der Waals surface area contributed by atoms with Crippen molar-refractivity contribution in [1.29, 1.82) is 0 Å². The van der Waals surface area contributed by atoms with Crippen molar-refractivity contribution in [2.24, 2.45) is 0 Å².